The van der Waals surface area contributed by atoms with Crippen LogP contribution in [0.15, 0.2) is 58.6 Å². The first-order valence-electron chi connectivity index (χ1n) is 10.7. The Morgan fingerprint density at radius 1 is 0.868 bits per heavy atom. The maximum atomic E-state index is 13.9. The molecule has 2 aliphatic carbocycles. The predicted octanol–water partition coefficient (Wildman–Crippen LogP) is 6.25. The van der Waals surface area contributed by atoms with Crippen molar-refractivity contribution in [2.24, 2.45) is 11.8 Å². The topological polar surface area (TPSA) is 101 Å². The van der Waals surface area contributed by atoms with Crippen LogP contribution < -0.4 is 0 Å². The third-order valence-electron chi connectivity index (χ3n) is 6.93. The van der Waals surface area contributed by atoms with E-state index in [1.807, 2.05) is 0 Å². The van der Waals surface area contributed by atoms with Crippen LogP contribution in [0.1, 0.15) is 15.9 Å². The molecule has 2 aromatic carbocycles. The van der Waals surface area contributed by atoms with Gasteiger partial charge in [0.2, 0.25) is 0 Å². The van der Waals surface area contributed by atoms with E-state index in [1.165, 1.54) is 48.5 Å². The zero-order chi connectivity index (χ0) is 27.9. The third kappa shape index (κ3) is 3.48. The summed E-state index contributed by atoms with van der Waals surface area (Å²) in [6, 6.07) is 11.0. The van der Waals surface area contributed by atoms with E-state index in [-0.39, 0.29) is 27.9 Å². The van der Waals surface area contributed by atoms with Crippen LogP contribution in [0.2, 0.25) is 5.02 Å². The summed E-state index contributed by atoms with van der Waals surface area (Å²) in [4.78, 5) is 47.8. The summed E-state index contributed by atoms with van der Waals surface area (Å²) in [5.41, 5.74) is 0.280. The second-order valence-corrected chi connectivity index (χ2v) is 12.6. The number of hydrazine groups is 1. The Bertz CT molecular complexity index is 1400. The molecule has 198 valence electrons. The van der Waals surface area contributed by atoms with Gasteiger partial charge in [0.25, 0.3) is 23.4 Å². The Morgan fingerprint density at radius 3 is 1.79 bits per heavy atom. The number of nitrogens with zero attached hydrogens (tertiary/aromatic N) is 3. The second kappa shape index (κ2) is 9.13. The molecule has 2 bridgehead atoms. The van der Waals surface area contributed by atoms with Crippen LogP contribution in [0.3, 0.4) is 0 Å². The van der Waals surface area contributed by atoms with Crippen LogP contribution in [0.25, 0.3) is 0 Å². The lowest BCUT2D eigenvalue weighted by Crippen LogP contribution is -2.55. The van der Waals surface area contributed by atoms with Gasteiger partial charge in [0.1, 0.15) is 9.75 Å². The van der Waals surface area contributed by atoms with Gasteiger partial charge in [0, 0.05) is 22.7 Å². The van der Waals surface area contributed by atoms with Crippen molar-refractivity contribution in [2.75, 3.05) is 0 Å². The van der Waals surface area contributed by atoms with Crippen LogP contribution in [-0.4, -0.2) is 46.7 Å². The lowest BCUT2D eigenvalue weighted by Gasteiger charge is -2.37. The van der Waals surface area contributed by atoms with Crippen LogP contribution in [-0.2, 0) is 16.1 Å². The number of hydrogen-bond donors (Lipinski definition) is 0. The smallest absolute Gasteiger partial charge is 0.272 e. The number of hydrogen-bond acceptors (Lipinski definition) is 5. The Morgan fingerprint density at radius 2 is 1.34 bits per heavy atom. The second-order valence-electron chi connectivity index (χ2n) is 8.86. The first kappa shape index (κ1) is 27.8. The number of carbonyl (C=O) groups is 3. The van der Waals surface area contributed by atoms with Gasteiger partial charge in [0.05, 0.1) is 33.4 Å². The van der Waals surface area contributed by atoms with Crippen LogP contribution in [0.4, 0.5) is 5.69 Å². The first-order valence-corrected chi connectivity index (χ1v) is 13.3. The van der Waals surface area contributed by atoms with Gasteiger partial charge in [-0.05, 0) is 29.8 Å². The number of nitro groups is 1. The molecule has 2 fully saturated rings. The van der Waals surface area contributed by atoms with Gasteiger partial charge in [-0.25, -0.2) is 5.01 Å². The van der Waals surface area contributed by atoms with Crippen molar-refractivity contribution in [3.8, 4) is 0 Å². The highest BCUT2D eigenvalue weighted by Crippen LogP contribution is 2.77. The maximum absolute atomic E-state index is 13.9. The maximum Gasteiger partial charge on any atom is 0.273 e. The SMILES string of the molecule is O=C(c1ccc(Cl)cc1)N(Cc1ccc([N+](=O)[O-])cc1)N1C(=O)[C@@H]2[C@@H](C1=O)[C@@]1(Cl)C(Cl)=C(Cl)[C@@]2(Cl)C1(Cl)Cl. The molecule has 1 aliphatic heterocycles. The number of carbonyl (C=O) groups excluding carboxylic acids is 3. The van der Waals surface area contributed by atoms with E-state index in [0.717, 1.165) is 5.01 Å². The molecule has 5 rings (SSSR count). The van der Waals surface area contributed by atoms with Crippen molar-refractivity contribution in [1.82, 2.24) is 10.0 Å². The van der Waals surface area contributed by atoms with E-state index in [2.05, 4.69) is 0 Å². The van der Waals surface area contributed by atoms with E-state index >= 15 is 0 Å². The lowest BCUT2D eigenvalue weighted by molar-refractivity contribution is -0.384. The van der Waals surface area contributed by atoms with Gasteiger partial charge in [-0.15, -0.1) is 23.2 Å². The summed E-state index contributed by atoms with van der Waals surface area (Å²) < 4.78 is -2.13. The molecule has 38 heavy (non-hydrogen) atoms. The Balaban J connectivity index is 1.60. The van der Waals surface area contributed by atoms with Crippen molar-refractivity contribution in [3.05, 3.63) is 84.9 Å². The first-order chi connectivity index (χ1) is 17.7. The Hall–Kier alpha value is -1.78. The lowest BCUT2D eigenvalue weighted by atomic mass is 9.84. The summed E-state index contributed by atoms with van der Waals surface area (Å²) in [6.45, 7) is -0.331. The zero-order valence-electron chi connectivity index (χ0n) is 18.5. The summed E-state index contributed by atoms with van der Waals surface area (Å²) in [6.07, 6.45) is 0. The van der Waals surface area contributed by atoms with Gasteiger partial charge in [-0.3, -0.25) is 24.5 Å². The van der Waals surface area contributed by atoms with E-state index < -0.39 is 48.6 Å². The number of imide groups is 1. The van der Waals surface area contributed by atoms with Crippen molar-refractivity contribution in [1.29, 1.82) is 0 Å². The monoisotopic (exact) mass is 655 g/mol. The van der Waals surface area contributed by atoms with Gasteiger partial charge in [-0.1, -0.05) is 70.1 Å². The minimum atomic E-state index is -2.13. The molecule has 0 aromatic heterocycles. The summed E-state index contributed by atoms with van der Waals surface area (Å²) in [7, 11) is 0. The van der Waals surface area contributed by atoms with Crippen LogP contribution >= 0.6 is 81.2 Å². The molecule has 2 aromatic rings. The molecule has 0 unspecified atom stereocenters. The number of halogens is 7. The number of benzene rings is 2. The minimum absolute atomic E-state index is 0.0938. The number of fused-ring (bicyclic) bond motifs is 5. The highest BCUT2D eigenvalue weighted by molar-refractivity contribution is 6.66. The molecule has 0 spiro atoms. The van der Waals surface area contributed by atoms with Crippen molar-refractivity contribution >= 4 is 105 Å². The van der Waals surface area contributed by atoms with Crippen LogP contribution in [0.5, 0.6) is 0 Å². The Kier molecular flexibility index (Phi) is 6.67. The quantitative estimate of drug-likeness (QED) is 0.164. The van der Waals surface area contributed by atoms with E-state index in [0.29, 0.717) is 15.6 Å². The molecule has 1 saturated carbocycles. The molecular formula is C23H12Cl7N3O5. The highest BCUT2D eigenvalue weighted by Gasteiger charge is 2.88. The molecule has 4 atom stereocenters. The predicted molar refractivity (Wildman–Crippen MR) is 144 cm³/mol. The van der Waals surface area contributed by atoms with Crippen LogP contribution in [0, 0.1) is 22.0 Å². The number of nitro benzene ring substituents is 1. The molecule has 0 N–H and O–H groups in total. The fraction of sp³-hybridized carbons (Fsp3) is 0.261. The fourth-order valence-corrected chi connectivity index (χ4v) is 8.14. The molecule has 1 saturated heterocycles. The summed E-state index contributed by atoms with van der Waals surface area (Å²) >= 11 is 45.3. The highest BCUT2D eigenvalue weighted by atomic mass is 35.5. The number of amides is 3. The molecule has 3 amide bonds. The Labute approximate surface area is 250 Å². The summed E-state index contributed by atoms with van der Waals surface area (Å²) in [5, 5.41) is 12.4. The molecule has 15 heteroatoms. The van der Waals surface area contributed by atoms with E-state index in [9.17, 15) is 24.5 Å². The van der Waals surface area contributed by atoms with E-state index in [1.54, 1.807) is 0 Å². The third-order valence-corrected chi connectivity index (χ3v) is 11.4. The summed E-state index contributed by atoms with van der Waals surface area (Å²) in [5.74, 6) is -5.49. The molecule has 3 aliphatic rings. The molecule has 1 heterocycles. The number of alkyl halides is 4. The fourth-order valence-electron chi connectivity index (χ4n) is 5.09. The van der Waals surface area contributed by atoms with Crippen molar-refractivity contribution in [2.45, 2.75) is 20.6 Å². The minimum Gasteiger partial charge on any atom is -0.272 e. The van der Waals surface area contributed by atoms with Gasteiger partial charge >= 0.3 is 0 Å². The molecule has 8 nitrogen and oxygen atoms in total. The normalized spacial score (nSPS) is 29.2. The zero-order valence-corrected chi connectivity index (χ0v) is 23.8. The largest absolute Gasteiger partial charge is 0.273 e. The standard InChI is InChI=1S/C23H12Cl7N3O5/c24-12-5-3-11(4-6-12)18(34)31(9-10-1-7-13(8-2-10)33(37)38)32-19(35)14-15(20(32)36)22(28)17(26)16(25)21(14,27)23(22,29)30/h1-8,14-15H,9H2/t14-,15-,21+,22+/m0/s1. The molecule has 0 radical (unpaired) electrons. The van der Waals surface area contributed by atoms with Gasteiger partial charge < -0.3 is 0 Å². The molecular weight excluding hydrogens is 646 g/mol. The number of non-ortho nitro benzene ring substituents is 1. The van der Waals surface area contributed by atoms with Crippen molar-refractivity contribution < 1.29 is 19.3 Å². The van der Waals surface area contributed by atoms with Gasteiger partial charge in [0.15, 0.2) is 4.33 Å². The number of rotatable bonds is 5. The van der Waals surface area contributed by atoms with Gasteiger partial charge in [-0.2, -0.15) is 5.01 Å². The average Bonchev–Trinajstić information content (AvgIpc) is 3.26. The van der Waals surface area contributed by atoms with Crippen molar-refractivity contribution in [3.63, 3.8) is 0 Å². The number of allylic oxidation sites excluding steroid dienone is 2. The van der Waals surface area contributed by atoms with E-state index in [4.69, 9.17) is 81.2 Å². The average molecular weight is 659 g/mol.